The number of hydrogen-bond acceptors (Lipinski definition) is 4. The van der Waals surface area contributed by atoms with Crippen LogP contribution in [-0.4, -0.2) is 27.6 Å². The van der Waals surface area contributed by atoms with E-state index in [1.807, 2.05) is 50.3 Å². The average Bonchev–Trinajstić information content (AvgIpc) is 2.99. The molecule has 0 aliphatic carbocycles. The summed E-state index contributed by atoms with van der Waals surface area (Å²) in [7, 11) is 0. The summed E-state index contributed by atoms with van der Waals surface area (Å²) in [6, 6.07) is 13.3. The number of nitrogens with one attached hydrogen (secondary N) is 1. The molecule has 0 unspecified atom stereocenters. The van der Waals surface area contributed by atoms with Crippen molar-refractivity contribution in [2.24, 2.45) is 0 Å². The predicted octanol–water partition coefficient (Wildman–Crippen LogP) is 6.36. The Labute approximate surface area is 198 Å². The molecule has 31 heavy (non-hydrogen) atoms. The quantitative estimate of drug-likeness (QED) is 0.276. The Hall–Kier alpha value is -2.15. The van der Waals surface area contributed by atoms with Crippen LogP contribution in [0.25, 0.3) is 6.08 Å². The summed E-state index contributed by atoms with van der Waals surface area (Å²) in [5.41, 5.74) is 4.11. The van der Waals surface area contributed by atoms with E-state index in [-0.39, 0.29) is 11.8 Å². The fraction of sp³-hybridized carbons (Fsp3) is 0.292. The van der Waals surface area contributed by atoms with E-state index in [1.54, 1.807) is 17.0 Å². The minimum absolute atomic E-state index is 0.0137. The van der Waals surface area contributed by atoms with Gasteiger partial charge in [-0.1, -0.05) is 60.2 Å². The van der Waals surface area contributed by atoms with Gasteiger partial charge >= 0.3 is 0 Å². The van der Waals surface area contributed by atoms with Crippen molar-refractivity contribution < 1.29 is 9.59 Å². The van der Waals surface area contributed by atoms with E-state index in [9.17, 15) is 9.59 Å². The van der Waals surface area contributed by atoms with E-state index < -0.39 is 0 Å². The third-order valence-electron chi connectivity index (χ3n) is 5.12. The highest BCUT2D eigenvalue weighted by atomic mass is 35.5. The number of unbranched alkanes of at least 4 members (excludes halogenated alkanes) is 2. The largest absolute Gasteiger partial charge is 0.326 e. The normalized spacial score (nSPS) is 15.1. The molecule has 4 nitrogen and oxygen atoms in total. The lowest BCUT2D eigenvalue weighted by Crippen LogP contribution is -2.29. The van der Waals surface area contributed by atoms with Gasteiger partial charge in [0.25, 0.3) is 5.91 Å². The third-order valence-corrected chi connectivity index (χ3v) is 6.75. The van der Waals surface area contributed by atoms with Crippen molar-refractivity contribution >= 4 is 63.5 Å². The van der Waals surface area contributed by atoms with E-state index in [2.05, 4.69) is 5.32 Å². The molecule has 2 aromatic carbocycles. The molecule has 7 heteroatoms. The summed E-state index contributed by atoms with van der Waals surface area (Å²) in [5, 5.41) is 3.60. The number of nitrogens with zero attached hydrogens (tertiary/aromatic N) is 1. The van der Waals surface area contributed by atoms with Crippen molar-refractivity contribution in [2.45, 2.75) is 39.5 Å². The number of anilines is 1. The first-order chi connectivity index (χ1) is 14.8. The highest BCUT2D eigenvalue weighted by Gasteiger charge is 2.31. The van der Waals surface area contributed by atoms with Crippen LogP contribution in [0.15, 0.2) is 47.4 Å². The maximum Gasteiger partial charge on any atom is 0.266 e. The molecule has 0 saturated carbocycles. The van der Waals surface area contributed by atoms with Gasteiger partial charge in [0.2, 0.25) is 5.91 Å². The van der Waals surface area contributed by atoms with Gasteiger partial charge < -0.3 is 5.32 Å². The van der Waals surface area contributed by atoms with Crippen LogP contribution in [0.2, 0.25) is 5.02 Å². The molecule has 1 fully saturated rings. The zero-order valence-corrected chi connectivity index (χ0v) is 20.0. The monoisotopic (exact) mass is 472 g/mol. The fourth-order valence-electron chi connectivity index (χ4n) is 3.18. The minimum Gasteiger partial charge on any atom is -0.326 e. The molecule has 1 N–H and O–H groups in total. The maximum atomic E-state index is 12.7. The Bertz CT molecular complexity index is 1020. The van der Waals surface area contributed by atoms with Gasteiger partial charge in [-0.25, -0.2) is 0 Å². The average molecular weight is 473 g/mol. The third kappa shape index (κ3) is 6.66. The van der Waals surface area contributed by atoms with E-state index in [0.717, 1.165) is 36.1 Å². The first-order valence-corrected chi connectivity index (χ1v) is 11.8. The summed E-state index contributed by atoms with van der Waals surface area (Å²) < 4.78 is 0.581. The number of thioether (sulfide) groups is 1. The van der Waals surface area contributed by atoms with Crippen molar-refractivity contribution in [3.63, 3.8) is 0 Å². The van der Waals surface area contributed by atoms with E-state index in [4.69, 9.17) is 23.8 Å². The van der Waals surface area contributed by atoms with Gasteiger partial charge in [-0.05, 0) is 73.7 Å². The van der Waals surface area contributed by atoms with Crippen LogP contribution >= 0.6 is 35.6 Å². The molecule has 1 heterocycles. The first kappa shape index (κ1) is 23.5. The second-order valence-electron chi connectivity index (χ2n) is 7.54. The zero-order chi connectivity index (χ0) is 22.4. The number of hydrogen-bond donors (Lipinski definition) is 1. The lowest BCUT2D eigenvalue weighted by Gasteiger charge is -2.14. The van der Waals surface area contributed by atoms with Crippen molar-refractivity contribution in [2.75, 3.05) is 11.9 Å². The summed E-state index contributed by atoms with van der Waals surface area (Å²) >= 11 is 12.6. The Morgan fingerprint density at radius 3 is 2.55 bits per heavy atom. The zero-order valence-electron chi connectivity index (χ0n) is 17.6. The highest BCUT2D eigenvalue weighted by Crippen LogP contribution is 2.33. The molecule has 0 radical (unpaired) electrons. The number of aryl methyl sites for hydroxylation is 2. The van der Waals surface area contributed by atoms with Crippen LogP contribution in [0.1, 0.15) is 42.4 Å². The van der Waals surface area contributed by atoms with Gasteiger partial charge in [-0.3, -0.25) is 14.5 Å². The molecule has 0 bridgehead atoms. The molecule has 3 rings (SSSR count). The fourth-order valence-corrected chi connectivity index (χ4v) is 4.61. The molecule has 1 aliphatic heterocycles. The SMILES string of the molecule is Cc1ccc(NC(=O)CCCCCN2C(=O)/C(=C/c3ccc(Cl)cc3)SC2=S)cc1C. The van der Waals surface area contributed by atoms with Gasteiger partial charge in [0.1, 0.15) is 4.32 Å². The predicted molar refractivity (Wildman–Crippen MR) is 134 cm³/mol. The summed E-state index contributed by atoms with van der Waals surface area (Å²) in [4.78, 5) is 27.1. The summed E-state index contributed by atoms with van der Waals surface area (Å²) in [5.74, 6) is -0.0443. The molecular weight excluding hydrogens is 448 g/mol. The number of benzene rings is 2. The van der Waals surface area contributed by atoms with Crippen LogP contribution in [0.5, 0.6) is 0 Å². The van der Waals surface area contributed by atoms with Gasteiger partial charge in [0, 0.05) is 23.7 Å². The van der Waals surface area contributed by atoms with Gasteiger partial charge in [-0.15, -0.1) is 0 Å². The number of carbonyl (C=O) groups is 2. The van der Waals surface area contributed by atoms with E-state index in [0.29, 0.717) is 27.2 Å². The molecule has 0 atom stereocenters. The number of halogens is 1. The van der Waals surface area contributed by atoms with Crippen LogP contribution in [-0.2, 0) is 9.59 Å². The molecule has 2 aromatic rings. The molecule has 1 aliphatic rings. The van der Waals surface area contributed by atoms with Gasteiger partial charge in [-0.2, -0.15) is 0 Å². The van der Waals surface area contributed by atoms with Gasteiger partial charge in [0.15, 0.2) is 0 Å². The van der Waals surface area contributed by atoms with Crippen molar-refractivity contribution in [3.05, 3.63) is 69.1 Å². The Kier molecular flexibility index (Phi) is 8.29. The first-order valence-electron chi connectivity index (χ1n) is 10.2. The van der Waals surface area contributed by atoms with Crippen molar-refractivity contribution in [1.29, 1.82) is 0 Å². The summed E-state index contributed by atoms with van der Waals surface area (Å²) in [6.07, 6.45) is 4.73. The molecule has 0 spiro atoms. The Balaban J connectivity index is 1.41. The van der Waals surface area contributed by atoms with Crippen LogP contribution < -0.4 is 5.32 Å². The summed E-state index contributed by atoms with van der Waals surface area (Å²) in [6.45, 7) is 4.65. The molecule has 2 amide bonds. The number of rotatable bonds is 8. The minimum atomic E-state index is -0.0579. The maximum absolute atomic E-state index is 12.7. The molecular formula is C24H25ClN2O2S2. The molecule has 1 saturated heterocycles. The van der Waals surface area contributed by atoms with Gasteiger partial charge in [0.05, 0.1) is 4.91 Å². The number of thiocarbonyl (C=S) groups is 1. The smallest absolute Gasteiger partial charge is 0.266 e. The number of carbonyl (C=O) groups excluding carboxylic acids is 2. The molecule has 0 aromatic heterocycles. The Morgan fingerprint density at radius 2 is 1.84 bits per heavy atom. The Morgan fingerprint density at radius 1 is 1.10 bits per heavy atom. The van der Waals surface area contributed by atoms with Crippen LogP contribution in [0.3, 0.4) is 0 Å². The lowest BCUT2D eigenvalue weighted by atomic mass is 10.1. The van der Waals surface area contributed by atoms with E-state index >= 15 is 0 Å². The second-order valence-corrected chi connectivity index (χ2v) is 9.65. The standard InChI is InChI=1S/C24H25ClN2O2S2/c1-16-7-12-20(14-17(16)2)26-22(28)6-4-3-5-13-27-23(29)21(31-24(27)30)15-18-8-10-19(25)11-9-18/h7-12,14-15H,3-6,13H2,1-2H3,(H,26,28)/b21-15-. The van der Waals surface area contributed by atoms with Crippen molar-refractivity contribution in [1.82, 2.24) is 4.90 Å². The topological polar surface area (TPSA) is 49.4 Å². The highest BCUT2D eigenvalue weighted by molar-refractivity contribution is 8.26. The molecule has 162 valence electrons. The lowest BCUT2D eigenvalue weighted by molar-refractivity contribution is -0.122. The van der Waals surface area contributed by atoms with Crippen LogP contribution in [0, 0.1) is 13.8 Å². The number of amides is 2. The second kappa shape index (κ2) is 10.9. The van der Waals surface area contributed by atoms with Crippen LogP contribution in [0.4, 0.5) is 5.69 Å². The van der Waals surface area contributed by atoms with Crippen molar-refractivity contribution in [3.8, 4) is 0 Å². The van der Waals surface area contributed by atoms with E-state index in [1.165, 1.54) is 17.3 Å².